The SMILES string of the molecule is COC(=O)C1=CCCC2C1[C@@H](C)CC(C)C21CC(c2ccoc2)OC1=O. The van der Waals surface area contributed by atoms with Crippen LogP contribution in [0.5, 0.6) is 0 Å². The van der Waals surface area contributed by atoms with Gasteiger partial charge in [-0.05, 0) is 49.0 Å². The monoisotopic (exact) mass is 358 g/mol. The molecule has 1 spiro atoms. The molecule has 0 bridgehead atoms. The van der Waals surface area contributed by atoms with E-state index in [1.165, 1.54) is 7.11 Å². The molecule has 2 aliphatic carbocycles. The Labute approximate surface area is 153 Å². The van der Waals surface area contributed by atoms with Crippen LogP contribution in [-0.4, -0.2) is 19.0 Å². The molecule has 0 N–H and O–H groups in total. The lowest BCUT2D eigenvalue weighted by molar-refractivity contribution is -0.161. The number of hydrogen-bond donors (Lipinski definition) is 0. The lowest BCUT2D eigenvalue weighted by Crippen LogP contribution is -2.52. The summed E-state index contributed by atoms with van der Waals surface area (Å²) in [7, 11) is 1.43. The van der Waals surface area contributed by atoms with Crippen molar-refractivity contribution in [2.45, 2.75) is 45.6 Å². The third kappa shape index (κ3) is 2.36. The maximum absolute atomic E-state index is 13.2. The Bertz CT molecular complexity index is 734. The van der Waals surface area contributed by atoms with Crippen molar-refractivity contribution in [1.29, 1.82) is 0 Å². The summed E-state index contributed by atoms with van der Waals surface area (Å²) >= 11 is 0. The van der Waals surface area contributed by atoms with Crippen LogP contribution in [0.25, 0.3) is 0 Å². The van der Waals surface area contributed by atoms with Gasteiger partial charge < -0.3 is 13.9 Å². The second-order valence-corrected chi connectivity index (χ2v) is 8.17. The van der Waals surface area contributed by atoms with E-state index in [4.69, 9.17) is 13.9 Å². The Hall–Kier alpha value is -2.04. The Morgan fingerprint density at radius 2 is 2.15 bits per heavy atom. The van der Waals surface area contributed by atoms with Gasteiger partial charge in [0, 0.05) is 17.6 Å². The quantitative estimate of drug-likeness (QED) is 0.746. The topological polar surface area (TPSA) is 65.7 Å². The molecular weight excluding hydrogens is 332 g/mol. The summed E-state index contributed by atoms with van der Waals surface area (Å²) in [6, 6.07) is 1.87. The van der Waals surface area contributed by atoms with E-state index in [9.17, 15) is 9.59 Å². The molecule has 5 nitrogen and oxygen atoms in total. The first-order valence-corrected chi connectivity index (χ1v) is 9.50. The third-order valence-corrected chi connectivity index (χ3v) is 7.00. The summed E-state index contributed by atoms with van der Waals surface area (Å²) in [5, 5.41) is 0. The van der Waals surface area contributed by atoms with Crippen molar-refractivity contribution >= 4 is 11.9 Å². The van der Waals surface area contributed by atoms with Gasteiger partial charge in [0.05, 0.1) is 25.1 Å². The van der Waals surface area contributed by atoms with Gasteiger partial charge in [0.1, 0.15) is 6.10 Å². The van der Waals surface area contributed by atoms with Gasteiger partial charge in [-0.1, -0.05) is 19.9 Å². The average Bonchev–Trinajstić information content (AvgIpc) is 3.27. The van der Waals surface area contributed by atoms with Crippen LogP contribution in [0.3, 0.4) is 0 Å². The van der Waals surface area contributed by atoms with Crippen molar-refractivity contribution in [1.82, 2.24) is 0 Å². The van der Waals surface area contributed by atoms with Crippen molar-refractivity contribution in [3.63, 3.8) is 0 Å². The van der Waals surface area contributed by atoms with Crippen LogP contribution in [0.4, 0.5) is 0 Å². The number of rotatable bonds is 2. The molecule has 1 saturated carbocycles. The number of methoxy groups -OCH3 is 1. The number of cyclic esters (lactones) is 1. The number of furan rings is 1. The molecular formula is C21H26O5. The van der Waals surface area contributed by atoms with Gasteiger partial charge in [-0.15, -0.1) is 0 Å². The molecule has 2 fully saturated rings. The highest BCUT2D eigenvalue weighted by Gasteiger charge is 2.63. The Kier molecular flexibility index (Phi) is 4.20. The molecule has 1 aromatic rings. The fourth-order valence-corrected chi connectivity index (χ4v) is 5.87. The first-order valence-electron chi connectivity index (χ1n) is 9.50. The summed E-state index contributed by atoms with van der Waals surface area (Å²) in [5.41, 5.74) is 1.13. The van der Waals surface area contributed by atoms with Crippen molar-refractivity contribution in [2.75, 3.05) is 7.11 Å². The van der Waals surface area contributed by atoms with Gasteiger partial charge >= 0.3 is 11.9 Å². The van der Waals surface area contributed by atoms with Crippen LogP contribution >= 0.6 is 0 Å². The van der Waals surface area contributed by atoms with E-state index in [1.807, 2.05) is 12.1 Å². The molecule has 0 radical (unpaired) electrons. The minimum atomic E-state index is -0.535. The van der Waals surface area contributed by atoms with Gasteiger partial charge in [-0.25, -0.2) is 4.79 Å². The van der Waals surface area contributed by atoms with Crippen LogP contribution in [0.1, 0.15) is 51.2 Å². The standard InChI is InChI=1S/C21H26O5/c1-12-9-13(2)21(10-17(26-20(21)23)14-7-8-25-11-14)16-6-4-5-15(18(12)16)19(22)24-3/h5,7-8,11-13,16-18H,4,6,9-10H2,1-3H3/t12-,13?,16?,17?,18?,21?/m0/s1. The highest BCUT2D eigenvalue weighted by atomic mass is 16.6. The summed E-state index contributed by atoms with van der Waals surface area (Å²) in [6.45, 7) is 4.36. The summed E-state index contributed by atoms with van der Waals surface area (Å²) in [5.74, 6) is 0.373. The molecule has 1 aliphatic heterocycles. The third-order valence-electron chi connectivity index (χ3n) is 7.00. The van der Waals surface area contributed by atoms with E-state index in [0.29, 0.717) is 12.3 Å². The second-order valence-electron chi connectivity index (χ2n) is 8.17. The molecule has 26 heavy (non-hydrogen) atoms. The number of esters is 2. The molecule has 3 aliphatic rings. The maximum atomic E-state index is 13.2. The number of allylic oxidation sites excluding steroid dienone is 1. The average molecular weight is 358 g/mol. The lowest BCUT2D eigenvalue weighted by Gasteiger charge is -2.52. The lowest BCUT2D eigenvalue weighted by atomic mass is 9.49. The van der Waals surface area contributed by atoms with Crippen LogP contribution in [-0.2, 0) is 19.1 Å². The summed E-state index contributed by atoms with van der Waals surface area (Å²) in [6.07, 6.45) is 8.31. The van der Waals surface area contributed by atoms with Crippen molar-refractivity contribution in [3.8, 4) is 0 Å². The van der Waals surface area contributed by atoms with Crippen LogP contribution in [0, 0.1) is 29.1 Å². The van der Waals surface area contributed by atoms with Gasteiger partial charge in [0.25, 0.3) is 0 Å². The fraction of sp³-hybridized carbons (Fsp3) is 0.619. The second kappa shape index (κ2) is 6.29. The maximum Gasteiger partial charge on any atom is 0.333 e. The molecule has 1 saturated heterocycles. The molecule has 0 amide bonds. The highest BCUT2D eigenvalue weighted by Crippen LogP contribution is 2.62. The van der Waals surface area contributed by atoms with Crippen LogP contribution < -0.4 is 0 Å². The molecule has 1 aromatic heterocycles. The molecule has 4 rings (SSSR count). The zero-order chi connectivity index (χ0) is 18.5. The number of carbonyl (C=O) groups is 2. The normalized spacial score (nSPS) is 39.3. The zero-order valence-corrected chi connectivity index (χ0v) is 15.6. The van der Waals surface area contributed by atoms with E-state index in [0.717, 1.165) is 30.4 Å². The Morgan fingerprint density at radius 3 is 2.85 bits per heavy atom. The first-order chi connectivity index (χ1) is 12.5. The number of carbonyl (C=O) groups excluding carboxylic acids is 2. The zero-order valence-electron chi connectivity index (χ0n) is 15.6. The first kappa shape index (κ1) is 17.4. The number of fused-ring (bicyclic) bond motifs is 2. The molecule has 5 unspecified atom stereocenters. The van der Waals surface area contributed by atoms with Gasteiger partial charge in [-0.2, -0.15) is 0 Å². The largest absolute Gasteiger partial charge is 0.472 e. The molecule has 140 valence electrons. The van der Waals surface area contributed by atoms with Crippen molar-refractivity contribution in [2.24, 2.45) is 29.1 Å². The fourth-order valence-electron chi connectivity index (χ4n) is 5.87. The minimum Gasteiger partial charge on any atom is -0.472 e. The van der Waals surface area contributed by atoms with Gasteiger partial charge in [-0.3, -0.25) is 4.79 Å². The van der Waals surface area contributed by atoms with Gasteiger partial charge in [0.2, 0.25) is 0 Å². The van der Waals surface area contributed by atoms with E-state index in [2.05, 4.69) is 13.8 Å². The number of hydrogen-bond acceptors (Lipinski definition) is 5. The summed E-state index contributed by atoms with van der Waals surface area (Å²) < 4.78 is 16.1. The predicted molar refractivity (Wildman–Crippen MR) is 93.8 cm³/mol. The van der Waals surface area contributed by atoms with Crippen molar-refractivity contribution < 1.29 is 23.5 Å². The molecule has 6 atom stereocenters. The molecule has 0 aromatic carbocycles. The van der Waals surface area contributed by atoms with Crippen LogP contribution in [0.15, 0.2) is 34.7 Å². The summed E-state index contributed by atoms with van der Waals surface area (Å²) in [4.78, 5) is 25.6. The van der Waals surface area contributed by atoms with Crippen molar-refractivity contribution in [3.05, 3.63) is 35.8 Å². The minimum absolute atomic E-state index is 0.0584. The number of ether oxygens (including phenoxy) is 2. The molecule has 2 heterocycles. The molecule has 5 heteroatoms. The van der Waals surface area contributed by atoms with E-state index < -0.39 is 5.41 Å². The van der Waals surface area contributed by atoms with E-state index >= 15 is 0 Å². The predicted octanol–water partition coefficient (Wildman–Crippen LogP) is 4.06. The Balaban J connectivity index is 1.73. The van der Waals surface area contributed by atoms with Gasteiger partial charge in [0.15, 0.2) is 0 Å². The van der Waals surface area contributed by atoms with E-state index in [-0.39, 0.29) is 35.8 Å². The van der Waals surface area contributed by atoms with E-state index in [1.54, 1.807) is 12.5 Å². The highest BCUT2D eigenvalue weighted by molar-refractivity contribution is 5.90. The Morgan fingerprint density at radius 1 is 1.35 bits per heavy atom. The van der Waals surface area contributed by atoms with Crippen LogP contribution in [0.2, 0.25) is 0 Å². The smallest absolute Gasteiger partial charge is 0.333 e.